The zero-order valence-electron chi connectivity index (χ0n) is 15.3. The number of aromatic hydroxyl groups is 1. The van der Waals surface area contributed by atoms with E-state index in [1.807, 2.05) is 31.2 Å². The molecule has 142 valence electrons. The summed E-state index contributed by atoms with van der Waals surface area (Å²) in [5.74, 6) is 2.40. The Morgan fingerprint density at radius 3 is 2.42 bits per heavy atom. The largest absolute Gasteiger partial charge is 0.508 e. The van der Waals surface area contributed by atoms with Crippen LogP contribution in [0.5, 0.6) is 17.2 Å². The quantitative estimate of drug-likeness (QED) is 0.329. The van der Waals surface area contributed by atoms with Crippen LogP contribution in [0.2, 0.25) is 0 Å². The third-order valence-electron chi connectivity index (χ3n) is 3.68. The average Bonchev–Trinajstić information content (AvgIpc) is 2.64. The summed E-state index contributed by atoms with van der Waals surface area (Å²) in [4.78, 5) is 4.21. The molecule has 0 bridgehead atoms. The van der Waals surface area contributed by atoms with Gasteiger partial charge >= 0.3 is 0 Å². The van der Waals surface area contributed by atoms with E-state index in [-0.39, 0.29) is 29.7 Å². The van der Waals surface area contributed by atoms with Gasteiger partial charge < -0.3 is 25.2 Å². The fraction of sp³-hybridized carbons (Fsp3) is 0.316. The molecular formula is C19H26IN3O3. The number of hydrogen-bond donors (Lipinski definition) is 3. The van der Waals surface area contributed by atoms with Gasteiger partial charge in [0.05, 0.1) is 13.7 Å². The number of nitrogens with one attached hydrogen (secondary N) is 2. The Morgan fingerprint density at radius 1 is 1.08 bits per heavy atom. The summed E-state index contributed by atoms with van der Waals surface area (Å²) < 4.78 is 10.8. The topological polar surface area (TPSA) is 75.1 Å². The summed E-state index contributed by atoms with van der Waals surface area (Å²) in [5, 5.41) is 16.4. The first-order valence-corrected chi connectivity index (χ1v) is 8.19. The maximum Gasteiger partial charge on any atom is 0.191 e. The van der Waals surface area contributed by atoms with Crippen molar-refractivity contribution in [3.8, 4) is 17.2 Å². The number of rotatable bonds is 7. The standard InChI is InChI=1S/C19H25N3O3.HI/c1-4-25-18-8-6-5-7-14(18)12-21-19(20-2)22-13-15-11-16(24-3)9-10-17(15)23;/h5-11,23H,4,12-13H2,1-3H3,(H2,20,21,22);1H. The lowest BCUT2D eigenvalue weighted by Gasteiger charge is -2.15. The van der Waals surface area contributed by atoms with E-state index in [9.17, 15) is 5.11 Å². The number of nitrogens with zero attached hydrogens (tertiary/aromatic N) is 1. The molecule has 0 atom stereocenters. The van der Waals surface area contributed by atoms with Crippen LogP contribution in [0.15, 0.2) is 47.5 Å². The highest BCUT2D eigenvalue weighted by molar-refractivity contribution is 14.0. The third kappa shape index (κ3) is 6.29. The Labute approximate surface area is 171 Å². The smallest absolute Gasteiger partial charge is 0.191 e. The molecule has 7 heteroatoms. The highest BCUT2D eigenvalue weighted by atomic mass is 127. The van der Waals surface area contributed by atoms with E-state index >= 15 is 0 Å². The molecule has 3 N–H and O–H groups in total. The highest BCUT2D eigenvalue weighted by Gasteiger charge is 2.07. The molecule has 0 aromatic heterocycles. The molecule has 2 rings (SSSR count). The van der Waals surface area contributed by atoms with Gasteiger partial charge in [-0.05, 0) is 31.2 Å². The summed E-state index contributed by atoms with van der Waals surface area (Å²) in [6.07, 6.45) is 0. The van der Waals surface area contributed by atoms with E-state index in [2.05, 4.69) is 15.6 Å². The van der Waals surface area contributed by atoms with Crippen LogP contribution in [0.3, 0.4) is 0 Å². The van der Waals surface area contributed by atoms with E-state index in [1.165, 1.54) is 0 Å². The van der Waals surface area contributed by atoms with Gasteiger partial charge in [0.1, 0.15) is 17.2 Å². The number of methoxy groups -OCH3 is 1. The number of phenols is 1. The number of guanidine groups is 1. The maximum atomic E-state index is 9.95. The number of para-hydroxylation sites is 1. The lowest BCUT2D eigenvalue weighted by atomic mass is 10.2. The van der Waals surface area contributed by atoms with Crippen molar-refractivity contribution in [1.29, 1.82) is 0 Å². The van der Waals surface area contributed by atoms with Gasteiger partial charge in [-0.25, -0.2) is 0 Å². The number of phenolic OH excluding ortho intramolecular Hbond substituents is 1. The van der Waals surface area contributed by atoms with Crippen LogP contribution in [0.1, 0.15) is 18.1 Å². The molecule has 0 saturated carbocycles. The van der Waals surface area contributed by atoms with Crippen LogP contribution in [0.25, 0.3) is 0 Å². The number of aliphatic imine (C=N–C) groups is 1. The second-order valence-electron chi connectivity index (χ2n) is 5.31. The molecule has 0 spiro atoms. The van der Waals surface area contributed by atoms with Gasteiger partial charge in [-0.15, -0.1) is 24.0 Å². The van der Waals surface area contributed by atoms with Crippen molar-refractivity contribution >= 4 is 29.9 Å². The van der Waals surface area contributed by atoms with Crippen molar-refractivity contribution < 1.29 is 14.6 Å². The first-order chi connectivity index (χ1) is 12.2. The summed E-state index contributed by atoms with van der Waals surface area (Å²) in [5.41, 5.74) is 1.79. The van der Waals surface area contributed by atoms with Gasteiger partial charge in [0, 0.05) is 31.3 Å². The van der Waals surface area contributed by atoms with Crippen LogP contribution < -0.4 is 20.1 Å². The minimum Gasteiger partial charge on any atom is -0.508 e. The Balaban J connectivity index is 0.00000338. The SMILES string of the molecule is CCOc1ccccc1CNC(=NC)NCc1cc(OC)ccc1O.I. The molecule has 6 nitrogen and oxygen atoms in total. The van der Waals surface area contributed by atoms with Crippen LogP contribution >= 0.6 is 24.0 Å². The van der Waals surface area contributed by atoms with Gasteiger partial charge in [0.15, 0.2) is 5.96 Å². The molecule has 26 heavy (non-hydrogen) atoms. The Kier molecular flexibility index (Phi) is 9.64. The Morgan fingerprint density at radius 2 is 1.77 bits per heavy atom. The molecule has 2 aromatic rings. The average molecular weight is 471 g/mol. The van der Waals surface area contributed by atoms with E-state index in [0.717, 1.165) is 16.9 Å². The Bertz CT molecular complexity index is 723. The summed E-state index contributed by atoms with van der Waals surface area (Å²) in [7, 11) is 3.30. The van der Waals surface area contributed by atoms with Gasteiger partial charge in [-0.3, -0.25) is 4.99 Å². The molecule has 0 amide bonds. The van der Waals surface area contributed by atoms with Gasteiger partial charge in [0.25, 0.3) is 0 Å². The molecule has 0 saturated heterocycles. The van der Waals surface area contributed by atoms with Crippen molar-refractivity contribution in [3.63, 3.8) is 0 Å². The Hall–Kier alpha value is -2.16. The van der Waals surface area contributed by atoms with Gasteiger partial charge in [0.2, 0.25) is 0 Å². The fourth-order valence-electron chi connectivity index (χ4n) is 2.36. The second-order valence-corrected chi connectivity index (χ2v) is 5.31. The molecule has 0 aliphatic rings. The van der Waals surface area contributed by atoms with Crippen molar-refractivity contribution in [3.05, 3.63) is 53.6 Å². The monoisotopic (exact) mass is 471 g/mol. The van der Waals surface area contributed by atoms with Crippen molar-refractivity contribution in [2.75, 3.05) is 20.8 Å². The molecule has 0 aliphatic heterocycles. The number of ether oxygens (including phenoxy) is 2. The minimum absolute atomic E-state index is 0. The molecule has 0 aliphatic carbocycles. The lowest BCUT2D eigenvalue weighted by Crippen LogP contribution is -2.36. The van der Waals surface area contributed by atoms with Crippen LogP contribution in [0, 0.1) is 0 Å². The van der Waals surface area contributed by atoms with Crippen LogP contribution in [0.4, 0.5) is 0 Å². The molecular weight excluding hydrogens is 445 g/mol. The zero-order chi connectivity index (χ0) is 18.1. The highest BCUT2D eigenvalue weighted by Crippen LogP contribution is 2.22. The van der Waals surface area contributed by atoms with E-state index in [0.29, 0.717) is 31.4 Å². The van der Waals surface area contributed by atoms with Gasteiger partial charge in [-0.2, -0.15) is 0 Å². The van der Waals surface area contributed by atoms with Crippen molar-refractivity contribution in [2.24, 2.45) is 4.99 Å². The van der Waals surface area contributed by atoms with Crippen LogP contribution in [-0.4, -0.2) is 31.8 Å². The van der Waals surface area contributed by atoms with E-state index < -0.39 is 0 Å². The summed E-state index contributed by atoms with van der Waals surface area (Å²) >= 11 is 0. The van der Waals surface area contributed by atoms with Crippen molar-refractivity contribution in [1.82, 2.24) is 10.6 Å². The molecule has 0 unspecified atom stereocenters. The zero-order valence-corrected chi connectivity index (χ0v) is 17.6. The maximum absolute atomic E-state index is 9.95. The van der Waals surface area contributed by atoms with Crippen molar-refractivity contribution in [2.45, 2.75) is 20.0 Å². The first-order valence-electron chi connectivity index (χ1n) is 8.19. The van der Waals surface area contributed by atoms with E-state index in [1.54, 1.807) is 32.4 Å². The fourth-order valence-corrected chi connectivity index (χ4v) is 2.36. The minimum atomic E-state index is 0. The number of hydrogen-bond acceptors (Lipinski definition) is 4. The summed E-state index contributed by atoms with van der Waals surface area (Å²) in [6, 6.07) is 13.0. The second kappa shape index (κ2) is 11.5. The lowest BCUT2D eigenvalue weighted by molar-refractivity contribution is 0.336. The van der Waals surface area contributed by atoms with Gasteiger partial charge in [-0.1, -0.05) is 18.2 Å². The van der Waals surface area contributed by atoms with E-state index in [4.69, 9.17) is 9.47 Å². The number of benzene rings is 2. The molecule has 0 radical (unpaired) electrons. The third-order valence-corrected chi connectivity index (χ3v) is 3.68. The predicted octanol–water partition coefficient (Wildman–Crippen LogP) is 3.28. The van der Waals surface area contributed by atoms with Crippen LogP contribution in [-0.2, 0) is 13.1 Å². The summed E-state index contributed by atoms with van der Waals surface area (Å²) in [6.45, 7) is 3.60. The number of halogens is 1. The molecule has 2 aromatic carbocycles. The predicted molar refractivity (Wildman–Crippen MR) is 115 cm³/mol. The molecule has 0 heterocycles. The molecule has 0 fully saturated rings. The normalized spacial score (nSPS) is 10.7. The first kappa shape index (κ1) is 21.9.